The molecule has 1 aromatic heterocycles. The summed E-state index contributed by atoms with van der Waals surface area (Å²) in [6, 6.07) is 11.3. The molecule has 1 aromatic carbocycles. The van der Waals surface area contributed by atoms with Crippen LogP contribution in [-0.4, -0.2) is 10.2 Å². The van der Waals surface area contributed by atoms with Gasteiger partial charge in [-0.25, -0.2) is 0 Å². The predicted molar refractivity (Wildman–Crippen MR) is 79.9 cm³/mol. The summed E-state index contributed by atoms with van der Waals surface area (Å²) in [4.78, 5) is 0. The normalized spacial score (nSPS) is 9.71. The van der Waals surface area contributed by atoms with E-state index in [2.05, 4.69) is 27.7 Å². The lowest BCUT2D eigenvalue weighted by atomic mass is 10.0. The van der Waals surface area contributed by atoms with Crippen molar-refractivity contribution in [2.75, 3.05) is 5.32 Å². The fraction of sp³-hybridized carbons (Fsp3) is 0.250. The average molecular weight is 277 g/mol. The van der Waals surface area contributed by atoms with E-state index in [1.165, 1.54) is 0 Å². The Morgan fingerprint density at radius 2 is 1.90 bits per heavy atom. The van der Waals surface area contributed by atoms with Gasteiger partial charge in [-0.3, -0.25) is 0 Å². The van der Waals surface area contributed by atoms with Crippen molar-refractivity contribution in [3.05, 3.63) is 46.6 Å². The number of nitrogens with one attached hydrogen (secondary N) is 1. The number of aryl methyl sites for hydroxylation is 1. The van der Waals surface area contributed by atoms with Crippen molar-refractivity contribution in [2.24, 2.45) is 0 Å². The number of nitriles is 2. The Hall–Kier alpha value is -2.92. The summed E-state index contributed by atoms with van der Waals surface area (Å²) in [7, 11) is 0. The van der Waals surface area contributed by atoms with Crippen LogP contribution in [-0.2, 0) is 12.8 Å². The van der Waals surface area contributed by atoms with Gasteiger partial charge in [0, 0.05) is 5.69 Å². The first kappa shape index (κ1) is 14.5. The first-order chi connectivity index (χ1) is 10.2. The second kappa shape index (κ2) is 6.49. The van der Waals surface area contributed by atoms with Gasteiger partial charge in [0.2, 0.25) is 0 Å². The van der Waals surface area contributed by atoms with Gasteiger partial charge < -0.3 is 5.32 Å². The van der Waals surface area contributed by atoms with Crippen LogP contribution < -0.4 is 5.32 Å². The van der Waals surface area contributed by atoms with Gasteiger partial charge in [-0.15, -0.1) is 5.10 Å². The van der Waals surface area contributed by atoms with Crippen LogP contribution in [0.1, 0.15) is 36.2 Å². The molecule has 5 heteroatoms. The third kappa shape index (κ3) is 2.98. The maximum absolute atomic E-state index is 9.42. The Morgan fingerprint density at radius 3 is 2.52 bits per heavy atom. The van der Waals surface area contributed by atoms with Crippen LogP contribution in [0.4, 0.5) is 11.5 Å². The molecule has 0 saturated heterocycles. The lowest BCUT2D eigenvalue weighted by molar-refractivity contribution is 0.877. The highest BCUT2D eigenvalue weighted by molar-refractivity contribution is 5.65. The van der Waals surface area contributed by atoms with Crippen LogP contribution in [0.25, 0.3) is 0 Å². The molecule has 0 unspecified atom stereocenters. The molecule has 1 heterocycles. The van der Waals surface area contributed by atoms with E-state index in [4.69, 9.17) is 5.26 Å². The lowest BCUT2D eigenvalue weighted by Crippen LogP contribution is -2.07. The standard InChI is InChI=1S/C16H15N5/c1-3-13-14(10-18)16(21-20-15(13)4-2)19-12-7-5-6-11(8-12)9-17/h5-8H,3-4H2,1-2H3,(H,19,21). The van der Waals surface area contributed by atoms with Crippen LogP contribution in [0.3, 0.4) is 0 Å². The van der Waals surface area contributed by atoms with E-state index in [-0.39, 0.29) is 0 Å². The highest BCUT2D eigenvalue weighted by Gasteiger charge is 2.14. The van der Waals surface area contributed by atoms with E-state index >= 15 is 0 Å². The predicted octanol–water partition coefficient (Wildman–Crippen LogP) is 3.09. The summed E-state index contributed by atoms with van der Waals surface area (Å²) in [6.07, 6.45) is 1.48. The highest BCUT2D eigenvalue weighted by atomic mass is 15.2. The maximum Gasteiger partial charge on any atom is 0.171 e. The van der Waals surface area contributed by atoms with Crippen LogP contribution in [0, 0.1) is 22.7 Å². The van der Waals surface area contributed by atoms with Gasteiger partial charge in [-0.1, -0.05) is 19.9 Å². The Kier molecular flexibility index (Phi) is 4.48. The van der Waals surface area contributed by atoms with Crippen molar-refractivity contribution in [3.63, 3.8) is 0 Å². The third-order valence-electron chi connectivity index (χ3n) is 3.21. The lowest BCUT2D eigenvalue weighted by Gasteiger charge is -2.12. The fourth-order valence-corrected chi connectivity index (χ4v) is 2.18. The molecule has 0 atom stereocenters. The third-order valence-corrected chi connectivity index (χ3v) is 3.21. The first-order valence-electron chi connectivity index (χ1n) is 6.79. The van der Waals surface area contributed by atoms with Crippen molar-refractivity contribution in [1.29, 1.82) is 10.5 Å². The van der Waals surface area contributed by atoms with E-state index in [1.54, 1.807) is 18.2 Å². The van der Waals surface area contributed by atoms with Gasteiger partial charge in [0.1, 0.15) is 11.6 Å². The van der Waals surface area contributed by atoms with E-state index in [0.717, 1.165) is 24.1 Å². The second-order valence-electron chi connectivity index (χ2n) is 4.49. The van der Waals surface area contributed by atoms with Crippen LogP contribution in [0.15, 0.2) is 24.3 Å². The molecule has 0 fully saturated rings. The molecular weight excluding hydrogens is 262 g/mol. The summed E-state index contributed by atoms with van der Waals surface area (Å²) in [5.74, 6) is 0.432. The molecule has 2 rings (SSSR count). The number of anilines is 2. The van der Waals surface area contributed by atoms with E-state index in [0.29, 0.717) is 22.6 Å². The minimum Gasteiger partial charge on any atom is -0.338 e. The van der Waals surface area contributed by atoms with Crippen LogP contribution in [0.5, 0.6) is 0 Å². The highest BCUT2D eigenvalue weighted by Crippen LogP contribution is 2.23. The molecule has 1 N–H and O–H groups in total. The summed E-state index contributed by atoms with van der Waals surface area (Å²) in [5.41, 5.74) is 3.56. The number of aromatic nitrogens is 2. The van der Waals surface area contributed by atoms with Gasteiger partial charge in [-0.05, 0) is 36.6 Å². The van der Waals surface area contributed by atoms with Crippen LogP contribution in [0.2, 0.25) is 0 Å². The van der Waals surface area contributed by atoms with Crippen molar-refractivity contribution < 1.29 is 0 Å². The number of benzene rings is 1. The number of hydrogen-bond acceptors (Lipinski definition) is 5. The van der Waals surface area contributed by atoms with Crippen LogP contribution >= 0.6 is 0 Å². The molecule has 0 bridgehead atoms. The Balaban J connectivity index is 2.45. The molecular formula is C16H15N5. The molecule has 0 aliphatic heterocycles. The smallest absolute Gasteiger partial charge is 0.171 e. The molecule has 0 spiro atoms. The topological polar surface area (TPSA) is 85.4 Å². The van der Waals surface area contributed by atoms with E-state index in [9.17, 15) is 5.26 Å². The summed E-state index contributed by atoms with van der Waals surface area (Å²) >= 11 is 0. The molecule has 5 nitrogen and oxygen atoms in total. The SMILES string of the molecule is CCc1nnc(Nc2cccc(C#N)c2)c(C#N)c1CC. The van der Waals surface area contributed by atoms with Gasteiger partial charge in [-0.2, -0.15) is 15.6 Å². The average Bonchev–Trinajstić information content (AvgIpc) is 2.54. The summed E-state index contributed by atoms with van der Waals surface area (Å²) < 4.78 is 0. The quantitative estimate of drug-likeness (QED) is 0.928. The van der Waals surface area contributed by atoms with Crippen molar-refractivity contribution in [1.82, 2.24) is 10.2 Å². The number of nitrogens with zero attached hydrogens (tertiary/aromatic N) is 4. The molecule has 2 aromatic rings. The molecule has 0 aliphatic carbocycles. The molecule has 0 aliphatic rings. The molecule has 0 radical (unpaired) electrons. The van der Waals surface area contributed by atoms with Gasteiger partial charge >= 0.3 is 0 Å². The van der Waals surface area contributed by atoms with Crippen molar-refractivity contribution in [2.45, 2.75) is 26.7 Å². The molecule has 0 saturated carbocycles. The van der Waals surface area contributed by atoms with E-state index < -0.39 is 0 Å². The monoisotopic (exact) mass is 277 g/mol. The minimum absolute atomic E-state index is 0.432. The van der Waals surface area contributed by atoms with E-state index in [1.807, 2.05) is 19.9 Å². The second-order valence-corrected chi connectivity index (χ2v) is 4.49. The maximum atomic E-state index is 9.42. The largest absolute Gasteiger partial charge is 0.338 e. The fourth-order valence-electron chi connectivity index (χ4n) is 2.18. The van der Waals surface area contributed by atoms with Gasteiger partial charge in [0.25, 0.3) is 0 Å². The zero-order valence-corrected chi connectivity index (χ0v) is 12.0. The number of hydrogen-bond donors (Lipinski definition) is 1. The number of rotatable bonds is 4. The molecule has 21 heavy (non-hydrogen) atoms. The Bertz CT molecular complexity index is 737. The summed E-state index contributed by atoms with van der Waals surface area (Å²) in [5, 5.41) is 29.7. The Morgan fingerprint density at radius 1 is 1.10 bits per heavy atom. The van der Waals surface area contributed by atoms with Crippen molar-refractivity contribution >= 4 is 11.5 Å². The minimum atomic E-state index is 0.432. The summed E-state index contributed by atoms with van der Waals surface area (Å²) in [6.45, 7) is 3.99. The van der Waals surface area contributed by atoms with Gasteiger partial charge in [0.15, 0.2) is 5.82 Å². The first-order valence-corrected chi connectivity index (χ1v) is 6.79. The van der Waals surface area contributed by atoms with Gasteiger partial charge in [0.05, 0.1) is 17.3 Å². The molecule has 0 amide bonds. The zero-order chi connectivity index (χ0) is 15.2. The van der Waals surface area contributed by atoms with Crippen molar-refractivity contribution in [3.8, 4) is 12.1 Å². The Labute approximate surface area is 123 Å². The molecule has 104 valence electrons. The zero-order valence-electron chi connectivity index (χ0n) is 12.0.